The van der Waals surface area contributed by atoms with E-state index in [1.807, 2.05) is 36.6 Å². The number of rotatable bonds is 7. The number of H-pyrrole nitrogens is 1. The van der Waals surface area contributed by atoms with E-state index in [9.17, 15) is 9.59 Å². The molecule has 1 aromatic carbocycles. The van der Waals surface area contributed by atoms with Crippen LogP contribution in [0.1, 0.15) is 42.0 Å². The SMILES string of the molecule is CC(NC(=O)CCCNC(=O)c1ccsc1)c1nc2ccccc2[nH]1. The first kappa shape index (κ1) is 17.2. The quantitative estimate of drug-likeness (QED) is 0.569. The minimum absolute atomic E-state index is 0.0576. The third-order valence-corrected chi connectivity index (χ3v) is 4.53. The normalized spacial score (nSPS) is 12.0. The number of amides is 2. The van der Waals surface area contributed by atoms with E-state index >= 15 is 0 Å². The van der Waals surface area contributed by atoms with E-state index in [0.717, 1.165) is 16.9 Å². The summed E-state index contributed by atoms with van der Waals surface area (Å²) in [6.45, 7) is 2.37. The van der Waals surface area contributed by atoms with Crippen molar-refractivity contribution in [2.24, 2.45) is 0 Å². The molecule has 0 spiro atoms. The van der Waals surface area contributed by atoms with Crippen molar-refractivity contribution in [3.63, 3.8) is 0 Å². The van der Waals surface area contributed by atoms with Gasteiger partial charge >= 0.3 is 0 Å². The number of nitrogens with zero attached hydrogens (tertiary/aromatic N) is 1. The number of benzene rings is 1. The second kappa shape index (κ2) is 7.94. The van der Waals surface area contributed by atoms with Crippen molar-refractivity contribution in [3.8, 4) is 0 Å². The zero-order valence-electron chi connectivity index (χ0n) is 13.9. The van der Waals surface area contributed by atoms with Gasteiger partial charge in [-0.1, -0.05) is 12.1 Å². The van der Waals surface area contributed by atoms with Crippen molar-refractivity contribution in [3.05, 3.63) is 52.5 Å². The predicted octanol–water partition coefficient (Wildman–Crippen LogP) is 3.01. The van der Waals surface area contributed by atoms with Crippen molar-refractivity contribution in [1.82, 2.24) is 20.6 Å². The summed E-state index contributed by atoms with van der Waals surface area (Å²) >= 11 is 1.48. The number of hydrogen-bond acceptors (Lipinski definition) is 4. The number of imidazole rings is 1. The molecule has 3 aromatic rings. The maximum absolute atomic E-state index is 12.1. The fourth-order valence-electron chi connectivity index (χ4n) is 2.51. The maximum Gasteiger partial charge on any atom is 0.252 e. The summed E-state index contributed by atoms with van der Waals surface area (Å²) < 4.78 is 0. The second-order valence-corrected chi connectivity index (χ2v) is 6.58. The molecule has 2 aromatic heterocycles. The average Bonchev–Trinajstić information content (AvgIpc) is 3.27. The molecule has 0 bridgehead atoms. The van der Waals surface area contributed by atoms with Crippen LogP contribution < -0.4 is 10.6 Å². The molecule has 0 aliphatic heterocycles. The molecular weight excluding hydrogens is 336 g/mol. The Bertz CT molecular complexity index is 824. The van der Waals surface area contributed by atoms with Crippen molar-refractivity contribution in [1.29, 1.82) is 0 Å². The lowest BCUT2D eigenvalue weighted by molar-refractivity contribution is -0.121. The highest BCUT2D eigenvalue weighted by Crippen LogP contribution is 2.15. The number of aromatic nitrogens is 2. The third kappa shape index (κ3) is 4.45. The fourth-order valence-corrected chi connectivity index (χ4v) is 3.14. The van der Waals surface area contributed by atoms with Gasteiger partial charge in [-0.25, -0.2) is 4.98 Å². The molecule has 2 amide bonds. The molecule has 130 valence electrons. The van der Waals surface area contributed by atoms with Gasteiger partial charge in [0, 0.05) is 23.9 Å². The molecule has 0 saturated carbocycles. The molecular formula is C18H20N4O2S. The molecule has 0 saturated heterocycles. The Labute approximate surface area is 149 Å². The van der Waals surface area contributed by atoms with E-state index in [-0.39, 0.29) is 17.9 Å². The van der Waals surface area contributed by atoms with E-state index in [2.05, 4.69) is 20.6 Å². The van der Waals surface area contributed by atoms with Crippen LogP contribution in [-0.4, -0.2) is 28.3 Å². The Kier molecular flexibility index (Phi) is 5.45. The Morgan fingerprint density at radius 2 is 2.12 bits per heavy atom. The lowest BCUT2D eigenvalue weighted by Gasteiger charge is -2.11. The lowest BCUT2D eigenvalue weighted by Crippen LogP contribution is -2.29. The lowest BCUT2D eigenvalue weighted by atomic mass is 10.2. The molecule has 25 heavy (non-hydrogen) atoms. The molecule has 0 aliphatic carbocycles. The summed E-state index contributed by atoms with van der Waals surface area (Å²) in [7, 11) is 0. The molecule has 6 nitrogen and oxygen atoms in total. The zero-order valence-corrected chi connectivity index (χ0v) is 14.7. The number of fused-ring (bicyclic) bond motifs is 1. The van der Waals surface area contributed by atoms with Gasteiger partial charge in [0.1, 0.15) is 5.82 Å². The molecule has 2 heterocycles. The summed E-state index contributed by atoms with van der Waals surface area (Å²) in [6.07, 6.45) is 0.947. The van der Waals surface area contributed by atoms with Gasteiger partial charge < -0.3 is 15.6 Å². The van der Waals surface area contributed by atoms with Gasteiger partial charge in [0.15, 0.2) is 0 Å². The van der Waals surface area contributed by atoms with Crippen LogP contribution in [0.25, 0.3) is 11.0 Å². The fraction of sp³-hybridized carbons (Fsp3) is 0.278. The summed E-state index contributed by atoms with van der Waals surface area (Å²) in [4.78, 5) is 31.5. The highest BCUT2D eigenvalue weighted by Gasteiger charge is 2.13. The molecule has 3 rings (SSSR count). The molecule has 1 unspecified atom stereocenters. The van der Waals surface area contributed by atoms with Gasteiger partial charge in [-0.2, -0.15) is 11.3 Å². The van der Waals surface area contributed by atoms with Gasteiger partial charge in [-0.05, 0) is 36.9 Å². The minimum Gasteiger partial charge on any atom is -0.352 e. The number of thiophene rings is 1. The first-order valence-electron chi connectivity index (χ1n) is 8.18. The number of para-hydroxylation sites is 2. The smallest absolute Gasteiger partial charge is 0.252 e. The van der Waals surface area contributed by atoms with Crippen LogP contribution in [0.4, 0.5) is 0 Å². The van der Waals surface area contributed by atoms with Crippen LogP contribution in [0, 0.1) is 0 Å². The van der Waals surface area contributed by atoms with Crippen molar-refractivity contribution >= 4 is 34.2 Å². The second-order valence-electron chi connectivity index (χ2n) is 5.80. The number of carbonyl (C=O) groups excluding carboxylic acids is 2. The van der Waals surface area contributed by atoms with Crippen LogP contribution in [0.2, 0.25) is 0 Å². The summed E-state index contributed by atoms with van der Waals surface area (Å²) in [5, 5.41) is 9.41. The number of aromatic amines is 1. The van der Waals surface area contributed by atoms with E-state index in [1.165, 1.54) is 11.3 Å². The molecule has 7 heteroatoms. The number of carbonyl (C=O) groups is 2. The summed E-state index contributed by atoms with van der Waals surface area (Å²) in [5.41, 5.74) is 2.50. The van der Waals surface area contributed by atoms with Gasteiger partial charge in [-0.15, -0.1) is 0 Å². The summed E-state index contributed by atoms with van der Waals surface area (Å²) in [6, 6.07) is 9.34. The molecule has 0 aliphatic rings. The van der Waals surface area contributed by atoms with Crippen LogP contribution in [-0.2, 0) is 4.79 Å². The monoisotopic (exact) mass is 356 g/mol. The zero-order chi connectivity index (χ0) is 17.6. The Hall–Kier alpha value is -2.67. The van der Waals surface area contributed by atoms with Crippen molar-refractivity contribution in [2.45, 2.75) is 25.8 Å². The van der Waals surface area contributed by atoms with Crippen LogP contribution >= 0.6 is 11.3 Å². The molecule has 0 radical (unpaired) electrons. The maximum atomic E-state index is 12.1. The number of hydrogen-bond donors (Lipinski definition) is 3. The molecule has 3 N–H and O–H groups in total. The van der Waals surface area contributed by atoms with E-state index in [1.54, 1.807) is 11.4 Å². The first-order chi connectivity index (χ1) is 12.1. The number of nitrogens with one attached hydrogen (secondary N) is 3. The van der Waals surface area contributed by atoms with Gasteiger partial charge in [0.25, 0.3) is 5.91 Å². The highest BCUT2D eigenvalue weighted by molar-refractivity contribution is 7.08. The van der Waals surface area contributed by atoms with Crippen LogP contribution in [0.3, 0.4) is 0 Å². The standard InChI is InChI=1S/C18H20N4O2S/c1-12(17-21-14-5-2-3-6-15(14)22-17)20-16(23)7-4-9-19-18(24)13-8-10-25-11-13/h2-3,5-6,8,10-12H,4,7,9H2,1H3,(H,19,24)(H,20,23)(H,21,22). The van der Waals surface area contributed by atoms with E-state index in [4.69, 9.17) is 0 Å². The highest BCUT2D eigenvalue weighted by atomic mass is 32.1. The van der Waals surface area contributed by atoms with Crippen molar-refractivity contribution < 1.29 is 9.59 Å². The van der Waals surface area contributed by atoms with Crippen LogP contribution in [0.15, 0.2) is 41.1 Å². The molecule has 1 atom stereocenters. The third-order valence-electron chi connectivity index (χ3n) is 3.84. The Morgan fingerprint density at radius 1 is 1.28 bits per heavy atom. The Balaban J connectivity index is 1.42. The van der Waals surface area contributed by atoms with E-state index < -0.39 is 0 Å². The molecule has 0 fully saturated rings. The van der Waals surface area contributed by atoms with E-state index in [0.29, 0.717) is 24.9 Å². The van der Waals surface area contributed by atoms with Gasteiger partial charge in [0.05, 0.1) is 17.1 Å². The largest absolute Gasteiger partial charge is 0.352 e. The van der Waals surface area contributed by atoms with Gasteiger partial charge in [-0.3, -0.25) is 9.59 Å². The predicted molar refractivity (Wildman–Crippen MR) is 98.5 cm³/mol. The van der Waals surface area contributed by atoms with Crippen molar-refractivity contribution in [2.75, 3.05) is 6.54 Å². The minimum atomic E-state index is -0.194. The average molecular weight is 356 g/mol. The Morgan fingerprint density at radius 3 is 2.88 bits per heavy atom. The van der Waals surface area contributed by atoms with Gasteiger partial charge in [0.2, 0.25) is 5.91 Å². The first-order valence-corrected chi connectivity index (χ1v) is 9.12. The topological polar surface area (TPSA) is 86.9 Å². The summed E-state index contributed by atoms with van der Waals surface area (Å²) in [5.74, 6) is 0.579. The van der Waals surface area contributed by atoms with Crippen LogP contribution in [0.5, 0.6) is 0 Å².